The quantitative estimate of drug-likeness (QED) is 0.838. The summed E-state index contributed by atoms with van der Waals surface area (Å²) in [5.41, 5.74) is 0.790. The Balaban J connectivity index is 2.44. The number of hydrogen-bond donors (Lipinski definition) is 0. The third-order valence-electron chi connectivity index (χ3n) is 4.02. The summed E-state index contributed by atoms with van der Waals surface area (Å²) in [4.78, 5) is 2.24. The molecule has 1 aliphatic heterocycles. The number of nitrogens with zero attached hydrogens (tertiary/aromatic N) is 2. The van der Waals surface area contributed by atoms with Crippen molar-refractivity contribution in [3.63, 3.8) is 0 Å². The summed E-state index contributed by atoms with van der Waals surface area (Å²) in [6, 6.07) is 8.17. The Morgan fingerprint density at radius 3 is 2.58 bits per heavy atom. The lowest BCUT2D eigenvalue weighted by Crippen LogP contribution is -2.42. The number of nitriles is 1. The van der Waals surface area contributed by atoms with Crippen LogP contribution in [-0.2, 0) is 0 Å². The van der Waals surface area contributed by atoms with Crippen LogP contribution in [0.15, 0.2) is 18.2 Å². The number of ether oxygens (including phenoxy) is 2. The highest BCUT2D eigenvalue weighted by Crippen LogP contribution is 2.43. The summed E-state index contributed by atoms with van der Waals surface area (Å²) in [6.45, 7) is 5.06. The molecule has 1 aromatic rings. The van der Waals surface area contributed by atoms with Crippen LogP contribution in [-0.4, -0.2) is 26.3 Å². The minimum Gasteiger partial charge on any atom is -0.497 e. The summed E-state index contributed by atoms with van der Waals surface area (Å²) in [7, 11) is 3.31. The lowest BCUT2D eigenvalue weighted by Gasteiger charge is -2.36. The topological polar surface area (TPSA) is 45.5 Å². The van der Waals surface area contributed by atoms with Crippen LogP contribution >= 0.6 is 0 Å². The highest BCUT2D eigenvalue weighted by Gasteiger charge is 2.42. The minimum absolute atomic E-state index is 0.0309. The van der Waals surface area contributed by atoms with Gasteiger partial charge in [-0.25, -0.2) is 0 Å². The maximum Gasteiger partial charge on any atom is 0.142 e. The van der Waals surface area contributed by atoms with E-state index in [4.69, 9.17) is 9.47 Å². The highest BCUT2D eigenvalue weighted by atomic mass is 16.5. The largest absolute Gasteiger partial charge is 0.497 e. The average Bonchev–Trinajstić information content (AvgIpc) is 2.72. The number of rotatable bonds is 3. The Kier molecular flexibility index (Phi) is 3.57. The molecule has 0 spiro atoms. The van der Waals surface area contributed by atoms with Gasteiger partial charge in [0.2, 0.25) is 0 Å². The van der Waals surface area contributed by atoms with Gasteiger partial charge in [-0.2, -0.15) is 5.26 Å². The van der Waals surface area contributed by atoms with Crippen molar-refractivity contribution in [2.45, 2.75) is 25.8 Å². The molecular formula is C15H20N2O2. The van der Waals surface area contributed by atoms with Gasteiger partial charge < -0.3 is 14.4 Å². The van der Waals surface area contributed by atoms with E-state index < -0.39 is 0 Å². The zero-order valence-corrected chi connectivity index (χ0v) is 11.9. The Morgan fingerprint density at radius 2 is 2.05 bits per heavy atom. The molecule has 0 aliphatic carbocycles. The molecule has 0 aromatic heterocycles. The fraction of sp³-hybridized carbons (Fsp3) is 0.533. The number of hydrogen-bond acceptors (Lipinski definition) is 4. The van der Waals surface area contributed by atoms with Crippen LogP contribution in [0.3, 0.4) is 0 Å². The standard InChI is InChI=1S/C15H20N2O2/c1-15(2)11(10-16)7-8-17(15)13-9-12(18-3)5-6-14(13)19-4/h5-6,9,11H,7-8H2,1-4H3. The molecule has 1 unspecified atom stereocenters. The van der Waals surface area contributed by atoms with Crippen LogP contribution in [0.1, 0.15) is 20.3 Å². The van der Waals surface area contributed by atoms with Crippen LogP contribution < -0.4 is 14.4 Å². The van der Waals surface area contributed by atoms with Crippen LogP contribution in [0.5, 0.6) is 11.5 Å². The summed E-state index contributed by atoms with van der Waals surface area (Å²) in [5, 5.41) is 9.26. The fourth-order valence-corrected chi connectivity index (χ4v) is 2.75. The molecule has 1 aromatic carbocycles. The zero-order valence-electron chi connectivity index (χ0n) is 11.9. The van der Waals surface area contributed by atoms with Gasteiger partial charge in [-0.1, -0.05) is 0 Å². The molecular weight excluding hydrogens is 240 g/mol. The first kappa shape index (κ1) is 13.5. The van der Waals surface area contributed by atoms with Gasteiger partial charge in [0.15, 0.2) is 0 Å². The zero-order chi connectivity index (χ0) is 14.0. The van der Waals surface area contributed by atoms with E-state index in [2.05, 4.69) is 24.8 Å². The second kappa shape index (κ2) is 5.00. The fourth-order valence-electron chi connectivity index (χ4n) is 2.75. The van der Waals surface area contributed by atoms with Gasteiger partial charge in [-0.15, -0.1) is 0 Å². The van der Waals surface area contributed by atoms with Crippen LogP contribution in [0.25, 0.3) is 0 Å². The van der Waals surface area contributed by atoms with Crippen molar-refractivity contribution in [3.05, 3.63) is 18.2 Å². The summed E-state index contributed by atoms with van der Waals surface area (Å²) < 4.78 is 10.7. The van der Waals surface area contributed by atoms with Gasteiger partial charge in [0.25, 0.3) is 0 Å². The second-order valence-corrected chi connectivity index (χ2v) is 5.31. The van der Waals surface area contributed by atoms with Gasteiger partial charge in [0, 0.05) is 12.6 Å². The van der Waals surface area contributed by atoms with E-state index in [9.17, 15) is 5.26 Å². The third-order valence-corrected chi connectivity index (χ3v) is 4.02. The van der Waals surface area contributed by atoms with Crippen molar-refractivity contribution >= 4 is 5.69 Å². The van der Waals surface area contributed by atoms with Crippen molar-refractivity contribution in [1.82, 2.24) is 0 Å². The molecule has 4 heteroatoms. The van der Waals surface area contributed by atoms with Gasteiger partial charge in [0.1, 0.15) is 11.5 Å². The van der Waals surface area contributed by atoms with Crippen LogP contribution in [0.2, 0.25) is 0 Å². The van der Waals surface area contributed by atoms with Gasteiger partial charge >= 0.3 is 0 Å². The molecule has 1 saturated heterocycles. The minimum atomic E-state index is -0.200. The molecule has 0 N–H and O–H groups in total. The Bertz CT molecular complexity index is 505. The first-order chi connectivity index (χ1) is 9.04. The number of anilines is 1. The maximum absolute atomic E-state index is 9.26. The van der Waals surface area contributed by atoms with Crippen molar-refractivity contribution < 1.29 is 9.47 Å². The SMILES string of the molecule is COc1ccc(OC)c(N2CCC(C#N)C2(C)C)c1. The molecule has 1 fully saturated rings. The third kappa shape index (κ3) is 2.21. The molecule has 102 valence electrons. The Labute approximate surface area is 114 Å². The van der Waals surface area contributed by atoms with Gasteiger partial charge in [-0.3, -0.25) is 0 Å². The summed E-state index contributed by atoms with van der Waals surface area (Å²) >= 11 is 0. The average molecular weight is 260 g/mol. The molecule has 0 amide bonds. The summed E-state index contributed by atoms with van der Waals surface area (Å²) in [5.74, 6) is 1.64. The number of benzene rings is 1. The molecule has 1 atom stereocenters. The molecule has 0 radical (unpaired) electrons. The smallest absolute Gasteiger partial charge is 0.142 e. The van der Waals surface area contributed by atoms with Crippen molar-refractivity contribution in [2.24, 2.45) is 5.92 Å². The Morgan fingerprint density at radius 1 is 1.32 bits per heavy atom. The van der Waals surface area contributed by atoms with E-state index in [-0.39, 0.29) is 11.5 Å². The van der Waals surface area contributed by atoms with E-state index in [1.807, 2.05) is 18.2 Å². The van der Waals surface area contributed by atoms with Crippen molar-refractivity contribution in [1.29, 1.82) is 5.26 Å². The van der Waals surface area contributed by atoms with Gasteiger partial charge in [0.05, 0.1) is 37.4 Å². The molecule has 2 rings (SSSR count). The first-order valence-electron chi connectivity index (χ1n) is 6.44. The summed E-state index contributed by atoms with van der Waals surface area (Å²) in [6.07, 6.45) is 0.879. The first-order valence-corrected chi connectivity index (χ1v) is 6.44. The second-order valence-electron chi connectivity index (χ2n) is 5.31. The monoisotopic (exact) mass is 260 g/mol. The van der Waals surface area contributed by atoms with Gasteiger partial charge in [-0.05, 0) is 32.4 Å². The normalized spacial score (nSPS) is 21.0. The molecule has 0 saturated carbocycles. The lowest BCUT2D eigenvalue weighted by molar-refractivity contribution is 0.394. The molecule has 0 bridgehead atoms. The Hall–Kier alpha value is -1.89. The van der Waals surface area contributed by atoms with E-state index in [0.29, 0.717) is 0 Å². The molecule has 19 heavy (non-hydrogen) atoms. The maximum atomic E-state index is 9.26. The van der Waals surface area contributed by atoms with Crippen LogP contribution in [0.4, 0.5) is 5.69 Å². The van der Waals surface area contributed by atoms with E-state index in [1.165, 1.54) is 0 Å². The predicted octanol–water partition coefficient (Wildman–Crippen LogP) is 2.83. The molecule has 1 heterocycles. The van der Waals surface area contributed by atoms with E-state index in [1.54, 1.807) is 14.2 Å². The molecule has 4 nitrogen and oxygen atoms in total. The molecule has 1 aliphatic rings. The highest BCUT2D eigenvalue weighted by molar-refractivity contribution is 5.64. The van der Waals surface area contributed by atoms with E-state index >= 15 is 0 Å². The predicted molar refractivity (Wildman–Crippen MR) is 74.7 cm³/mol. The lowest BCUT2D eigenvalue weighted by atomic mass is 9.89. The van der Waals surface area contributed by atoms with E-state index in [0.717, 1.165) is 30.2 Å². The van der Waals surface area contributed by atoms with Crippen LogP contribution in [0, 0.1) is 17.2 Å². The van der Waals surface area contributed by atoms with Crippen molar-refractivity contribution in [2.75, 3.05) is 25.7 Å². The van der Waals surface area contributed by atoms with Crippen molar-refractivity contribution in [3.8, 4) is 17.6 Å². The number of methoxy groups -OCH3 is 2.